The second kappa shape index (κ2) is 12.6. The molecule has 0 aromatic carbocycles. The van der Waals surface area contributed by atoms with Crippen molar-refractivity contribution in [3.8, 4) is 0 Å². The standard InChI is InChI=1S/C15H30N2O4S/c1-5-7-16-14(22)17-8-10-20-12-11-19-9-6-13(18)21-15(2,3)4/h5-12H2,1-4H3,(H2,16,17,22). The van der Waals surface area contributed by atoms with Crippen molar-refractivity contribution >= 4 is 23.3 Å². The number of carbonyl (C=O) groups excluding carboxylic acids is 1. The summed E-state index contributed by atoms with van der Waals surface area (Å²) in [6.45, 7) is 11.0. The monoisotopic (exact) mass is 334 g/mol. The molecule has 0 aliphatic rings. The molecular weight excluding hydrogens is 304 g/mol. The van der Waals surface area contributed by atoms with E-state index in [4.69, 9.17) is 26.4 Å². The highest BCUT2D eigenvalue weighted by atomic mass is 32.1. The lowest BCUT2D eigenvalue weighted by atomic mass is 10.2. The number of esters is 1. The van der Waals surface area contributed by atoms with Crippen LogP contribution in [0.2, 0.25) is 0 Å². The van der Waals surface area contributed by atoms with Crippen molar-refractivity contribution in [2.45, 2.75) is 46.1 Å². The van der Waals surface area contributed by atoms with E-state index in [1.54, 1.807) is 0 Å². The van der Waals surface area contributed by atoms with E-state index in [0.29, 0.717) is 38.1 Å². The molecule has 0 atom stereocenters. The maximum Gasteiger partial charge on any atom is 0.308 e. The minimum Gasteiger partial charge on any atom is -0.460 e. The summed E-state index contributed by atoms with van der Waals surface area (Å²) < 4.78 is 15.9. The van der Waals surface area contributed by atoms with Gasteiger partial charge in [0.1, 0.15) is 5.60 Å². The number of hydrogen-bond donors (Lipinski definition) is 2. The number of nitrogens with one attached hydrogen (secondary N) is 2. The normalized spacial score (nSPS) is 11.1. The van der Waals surface area contributed by atoms with Crippen LogP contribution in [0.3, 0.4) is 0 Å². The summed E-state index contributed by atoms with van der Waals surface area (Å²) >= 11 is 5.07. The van der Waals surface area contributed by atoms with Crippen molar-refractivity contribution in [1.29, 1.82) is 0 Å². The van der Waals surface area contributed by atoms with Crippen LogP contribution in [0.15, 0.2) is 0 Å². The van der Waals surface area contributed by atoms with E-state index in [9.17, 15) is 4.79 Å². The summed E-state index contributed by atoms with van der Waals surface area (Å²) in [5.74, 6) is -0.245. The van der Waals surface area contributed by atoms with E-state index in [0.717, 1.165) is 13.0 Å². The van der Waals surface area contributed by atoms with Crippen LogP contribution in [0.25, 0.3) is 0 Å². The first kappa shape index (κ1) is 21.1. The molecule has 0 amide bonds. The number of carbonyl (C=O) groups is 1. The second-order valence-corrected chi connectivity index (χ2v) is 6.15. The molecule has 0 radical (unpaired) electrons. The molecule has 0 aliphatic carbocycles. The third-order valence-corrected chi connectivity index (χ3v) is 2.60. The van der Waals surface area contributed by atoms with Crippen molar-refractivity contribution in [3.05, 3.63) is 0 Å². The molecule has 6 nitrogen and oxygen atoms in total. The molecule has 0 heterocycles. The van der Waals surface area contributed by atoms with Crippen LogP contribution in [0.1, 0.15) is 40.5 Å². The van der Waals surface area contributed by atoms with Gasteiger partial charge in [0.25, 0.3) is 0 Å². The Hall–Kier alpha value is -0.920. The van der Waals surface area contributed by atoms with Crippen LogP contribution >= 0.6 is 12.2 Å². The first-order valence-corrected chi connectivity index (χ1v) is 8.15. The molecule has 130 valence electrons. The van der Waals surface area contributed by atoms with Gasteiger partial charge in [0.05, 0.1) is 32.8 Å². The van der Waals surface area contributed by atoms with Gasteiger partial charge in [-0.3, -0.25) is 4.79 Å². The minimum atomic E-state index is -0.445. The minimum absolute atomic E-state index is 0.245. The lowest BCUT2D eigenvalue weighted by Crippen LogP contribution is -2.37. The largest absolute Gasteiger partial charge is 0.460 e. The van der Waals surface area contributed by atoms with Gasteiger partial charge in [0, 0.05) is 13.1 Å². The van der Waals surface area contributed by atoms with E-state index in [-0.39, 0.29) is 12.4 Å². The second-order valence-electron chi connectivity index (χ2n) is 5.74. The highest BCUT2D eigenvalue weighted by molar-refractivity contribution is 7.80. The molecule has 0 saturated heterocycles. The van der Waals surface area contributed by atoms with Gasteiger partial charge in [-0.25, -0.2) is 0 Å². The molecule has 0 aromatic rings. The topological polar surface area (TPSA) is 68.8 Å². The Kier molecular flexibility index (Phi) is 12.1. The molecule has 0 aliphatic heterocycles. The maximum absolute atomic E-state index is 11.4. The van der Waals surface area contributed by atoms with Crippen LogP contribution in [-0.2, 0) is 19.0 Å². The molecule has 0 rings (SSSR count). The highest BCUT2D eigenvalue weighted by Gasteiger charge is 2.15. The SMILES string of the molecule is CCCNC(=S)NCCOCCOCCC(=O)OC(C)(C)C. The van der Waals surface area contributed by atoms with Gasteiger partial charge in [0.15, 0.2) is 5.11 Å². The fourth-order valence-electron chi connectivity index (χ4n) is 1.41. The Morgan fingerprint density at radius 1 is 1.00 bits per heavy atom. The Morgan fingerprint density at radius 2 is 1.59 bits per heavy atom. The fraction of sp³-hybridized carbons (Fsp3) is 0.867. The summed E-state index contributed by atoms with van der Waals surface area (Å²) in [7, 11) is 0. The van der Waals surface area contributed by atoms with Crippen molar-refractivity contribution in [3.63, 3.8) is 0 Å². The van der Waals surface area contributed by atoms with Gasteiger partial charge in [0.2, 0.25) is 0 Å². The van der Waals surface area contributed by atoms with E-state index in [2.05, 4.69) is 17.6 Å². The van der Waals surface area contributed by atoms with E-state index >= 15 is 0 Å². The van der Waals surface area contributed by atoms with Gasteiger partial charge in [-0.1, -0.05) is 6.92 Å². The van der Waals surface area contributed by atoms with Gasteiger partial charge >= 0.3 is 5.97 Å². The Bertz CT molecular complexity index is 319. The van der Waals surface area contributed by atoms with Crippen LogP contribution in [-0.4, -0.2) is 56.2 Å². The lowest BCUT2D eigenvalue weighted by Gasteiger charge is -2.19. The molecule has 0 saturated carbocycles. The average Bonchev–Trinajstić information content (AvgIpc) is 2.41. The van der Waals surface area contributed by atoms with Crippen LogP contribution < -0.4 is 10.6 Å². The number of rotatable bonds is 11. The zero-order chi connectivity index (χ0) is 16.8. The predicted molar refractivity (Wildman–Crippen MR) is 91.0 cm³/mol. The average molecular weight is 334 g/mol. The number of ether oxygens (including phenoxy) is 3. The van der Waals surface area contributed by atoms with Gasteiger partial charge in [-0.15, -0.1) is 0 Å². The first-order valence-electron chi connectivity index (χ1n) is 7.74. The first-order chi connectivity index (χ1) is 10.3. The van der Waals surface area contributed by atoms with Gasteiger partial charge < -0.3 is 24.8 Å². The van der Waals surface area contributed by atoms with Crippen molar-refractivity contribution in [1.82, 2.24) is 10.6 Å². The zero-order valence-corrected chi connectivity index (χ0v) is 15.0. The molecule has 2 N–H and O–H groups in total. The molecule has 22 heavy (non-hydrogen) atoms. The predicted octanol–water partition coefficient (Wildman–Crippen LogP) is 1.63. The van der Waals surface area contributed by atoms with Gasteiger partial charge in [-0.2, -0.15) is 0 Å². The molecule has 0 unspecified atom stereocenters. The Morgan fingerprint density at radius 3 is 2.18 bits per heavy atom. The quantitative estimate of drug-likeness (QED) is 0.338. The summed E-state index contributed by atoms with van der Waals surface area (Å²) in [5.41, 5.74) is -0.445. The lowest BCUT2D eigenvalue weighted by molar-refractivity contribution is -0.156. The third-order valence-electron chi connectivity index (χ3n) is 2.31. The highest BCUT2D eigenvalue weighted by Crippen LogP contribution is 2.07. The smallest absolute Gasteiger partial charge is 0.308 e. The van der Waals surface area contributed by atoms with E-state index in [1.165, 1.54) is 0 Å². The van der Waals surface area contributed by atoms with Gasteiger partial charge in [-0.05, 0) is 39.4 Å². The molecule has 7 heteroatoms. The number of thiocarbonyl (C=S) groups is 1. The van der Waals surface area contributed by atoms with Crippen LogP contribution in [0.5, 0.6) is 0 Å². The summed E-state index contributed by atoms with van der Waals surface area (Å²) in [6, 6.07) is 0. The van der Waals surface area contributed by atoms with Crippen molar-refractivity contribution in [2.75, 3.05) is 39.5 Å². The molecular formula is C15H30N2O4S. The Labute approximate surface area is 139 Å². The number of hydrogen-bond acceptors (Lipinski definition) is 5. The Balaban J connectivity index is 3.30. The van der Waals surface area contributed by atoms with Crippen LogP contribution in [0, 0.1) is 0 Å². The van der Waals surface area contributed by atoms with Crippen LogP contribution in [0.4, 0.5) is 0 Å². The molecule has 0 fully saturated rings. The van der Waals surface area contributed by atoms with E-state index in [1.807, 2.05) is 20.8 Å². The molecule has 0 bridgehead atoms. The summed E-state index contributed by atoms with van der Waals surface area (Å²) in [4.78, 5) is 11.4. The molecule has 0 spiro atoms. The van der Waals surface area contributed by atoms with Crippen molar-refractivity contribution in [2.24, 2.45) is 0 Å². The summed E-state index contributed by atoms with van der Waals surface area (Å²) in [5, 5.41) is 6.78. The van der Waals surface area contributed by atoms with Crippen molar-refractivity contribution < 1.29 is 19.0 Å². The molecule has 0 aromatic heterocycles. The fourth-order valence-corrected chi connectivity index (χ4v) is 1.61. The zero-order valence-electron chi connectivity index (χ0n) is 14.2. The summed E-state index contributed by atoms with van der Waals surface area (Å²) in [6.07, 6.45) is 1.30. The third kappa shape index (κ3) is 15.5. The van der Waals surface area contributed by atoms with E-state index < -0.39 is 5.60 Å². The maximum atomic E-state index is 11.4.